The monoisotopic (exact) mass is 217 g/mol. The van der Waals surface area contributed by atoms with Crippen LogP contribution in [0.2, 0.25) is 0 Å². The Kier molecular flexibility index (Phi) is 4.44. The van der Waals surface area contributed by atoms with Gasteiger partial charge in [-0.2, -0.15) is 0 Å². The summed E-state index contributed by atoms with van der Waals surface area (Å²) >= 11 is 0. The molecule has 0 bridgehead atoms. The molecule has 1 N–H and O–H groups in total. The van der Waals surface area contributed by atoms with Crippen LogP contribution in [0.3, 0.4) is 0 Å². The third-order valence-electron chi connectivity index (χ3n) is 2.80. The number of carbonyl (C=O) groups excluding carboxylic acids is 1. The number of hydrogen-bond donors (Lipinski definition) is 1. The van der Waals surface area contributed by atoms with Crippen molar-refractivity contribution in [2.24, 2.45) is 0 Å². The fourth-order valence-corrected chi connectivity index (χ4v) is 1.83. The van der Waals surface area contributed by atoms with Crippen molar-refractivity contribution in [2.75, 3.05) is 13.6 Å². The maximum atomic E-state index is 12.1. The number of allylic oxidation sites excluding steroid dienone is 2. The van der Waals surface area contributed by atoms with Gasteiger partial charge in [-0.05, 0) is 32.5 Å². The molecule has 86 valence electrons. The molecule has 0 radical (unpaired) electrons. The molecule has 0 amide bonds. The molecular weight excluding hydrogens is 198 g/mol. The van der Waals surface area contributed by atoms with Gasteiger partial charge in [-0.25, -0.2) is 0 Å². The molecule has 0 aromatic heterocycles. The fraction of sp³-hybridized carbons (Fsp3) is 0.357. The SMILES string of the molecule is CC=CC(=O)C(C)(CNC)c1ccccc1. The molecule has 0 aliphatic rings. The van der Waals surface area contributed by atoms with Crippen molar-refractivity contribution >= 4 is 5.78 Å². The van der Waals surface area contributed by atoms with Gasteiger partial charge in [0.1, 0.15) is 0 Å². The highest BCUT2D eigenvalue weighted by molar-refractivity contribution is 5.98. The standard InChI is InChI=1S/C14H19NO/c1-4-8-13(16)14(2,11-15-3)12-9-6-5-7-10-12/h4-10,15H,11H2,1-3H3. The van der Waals surface area contributed by atoms with Gasteiger partial charge in [0.15, 0.2) is 5.78 Å². The van der Waals surface area contributed by atoms with E-state index in [1.165, 1.54) is 0 Å². The molecule has 1 unspecified atom stereocenters. The molecule has 0 saturated heterocycles. The van der Waals surface area contributed by atoms with Gasteiger partial charge in [-0.1, -0.05) is 36.4 Å². The second kappa shape index (κ2) is 5.61. The van der Waals surface area contributed by atoms with Gasteiger partial charge in [-0.15, -0.1) is 0 Å². The molecule has 0 fully saturated rings. The van der Waals surface area contributed by atoms with Crippen LogP contribution >= 0.6 is 0 Å². The van der Waals surface area contributed by atoms with Crippen molar-refractivity contribution in [1.82, 2.24) is 5.32 Å². The minimum Gasteiger partial charge on any atom is -0.318 e. The zero-order valence-corrected chi connectivity index (χ0v) is 10.2. The molecular formula is C14H19NO. The Balaban J connectivity index is 3.11. The molecule has 1 atom stereocenters. The second-order valence-corrected chi connectivity index (χ2v) is 4.09. The van der Waals surface area contributed by atoms with E-state index in [1.54, 1.807) is 12.2 Å². The van der Waals surface area contributed by atoms with Crippen molar-refractivity contribution < 1.29 is 4.79 Å². The Morgan fingerprint density at radius 3 is 2.50 bits per heavy atom. The topological polar surface area (TPSA) is 29.1 Å². The molecule has 1 rings (SSSR count). The fourth-order valence-electron chi connectivity index (χ4n) is 1.83. The number of likely N-dealkylation sites (N-methyl/N-ethyl adjacent to an activating group) is 1. The van der Waals surface area contributed by atoms with E-state index in [4.69, 9.17) is 0 Å². The van der Waals surface area contributed by atoms with E-state index in [-0.39, 0.29) is 5.78 Å². The minimum atomic E-state index is -0.484. The normalized spacial score (nSPS) is 14.9. The number of benzene rings is 1. The van der Waals surface area contributed by atoms with E-state index in [2.05, 4.69) is 5.32 Å². The van der Waals surface area contributed by atoms with Crippen LogP contribution in [0.25, 0.3) is 0 Å². The number of carbonyl (C=O) groups is 1. The summed E-state index contributed by atoms with van der Waals surface area (Å²) in [5, 5.41) is 3.09. The minimum absolute atomic E-state index is 0.135. The molecule has 16 heavy (non-hydrogen) atoms. The van der Waals surface area contributed by atoms with Crippen molar-refractivity contribution in [3.8, 4) is 0 Å². The van der Waals surface area contributed by atoms with Gasteiger partial charge in [0, 0.05) is 6.54 Å². The summed E-state index contributed by atoms with van der Waals surface area (Å²) in [5.41, 5.74) is 0.565. The summed E-state index contributed by atoms with van der Waals surface area (Å²) < 4.78 is 0. The van der Waals surface area contributed by atoms with Crippen molar-refractivity contribution in [1.29, 1.82) is 0 Å². The predicted octanol–water partition coefficient (Wildman–Crippen LogP) is 2.31. The average Bonchev–Trinajstić information content (AvgIpc) is 2.30. The first-order chi connectivity index (χ1) is 7.65. The van der Waals surface area contributed by atoms with E-state index in [0.717, 1.165) is 5.56 Å². The number of hydrogen-bond acceptors (Lipinski definition) is 2. The Labute approximate surface area is 97.4 Å². The van der Waals surface area contributed by atoms with E-state index in [1.807, 2.05) is 51.2 Å². The van der Waals surface area contributed by atoms with Crippen molar-refractivity contribution in [3.63, 3.8) is 0 Å². The van der Waals surface area contributed by atoms with E-state index in [0.29, 0.717) is 6.54 Å². The van der Waals surface area contributed by atoms with Crippen LogP contribution in [-0.4, -0.2) is 19.4 Å². The highest BCUT2D eigenvalue weighted by Gasteiger charge is 2.32. The first-order valence-corrected chi connectivity index (χ1v) is 5.52. The van der Waals surface area contributed by atoms with Crippen molar-refractivity contribution in [2.45, 2.75) is 19.3 Å². The Bertz CT molecular complexity index is 370. The maximum Gasteiger partial charge on any atom is 0.166 e. The van der Waals surface area contributed by atoms with Gasteiger partial charge in [-0.3, -0.25) is 4.79 Å². The van der Waals surface area contributed by atoms with E-state index in [9.17, 15) is 4.79 Å². The highest BCUT2D eigenvalue weighted by Crippen LogP contribution is 2.24. The van der Waals surface area contributed by atoms with Crippen LogP contribution in [-0.2, 0) is 10.2 Å². The lowest BCUT2D eigenvalue weighted by molar-refractivity contribution is -0.119. The largest absolute Gasteiger partial charge is 0.318 e. The molecule has 1 aromatic carbocycles. The van der Waals surface area contributed by atoms with Crippen LogP contribution in [0.1, 0.15) is 19.4 Å². The van der Waals surface area contributed by atoms with Crippen molar-refractivity contribution in [3.05, 3.63) is 48.0 Å². The third kappa shape index (κ3) is 2.58. The van der Waals surface area contributed by atoms with Gasteiger partial charge < -0.3 is 5.32 Å². The smallest absolute Gasteiger partial charge is 0.166 e. The zero-order valence-electron chi connectivity index (χ0n) is 10.2. The van der Waals surface area contributed by atoms with Crippen LogP contribution in [0.5, 0.6) is 0 Å². The number of ketones is 1. The molecule has 2 nitrogen and oxygen atoms in total. The lowest BCUT2D eigenvalue weighted by atomic mass is 9.78. The highest BCUT2D eigenvalue weighted by atomic mass is 16.1. The summed E-state index contributed by atoms with van der Waals surface area (Å²) in [4.78, 5) is 12.1. The molecule has 2 heteroatoms. The molecule has 0 aliphatic carbocycles. The van der Waals surface area contributed by atoms with E-state index >= 15 is 0 Å². The second-order valence-electron chi connectivity index (χ2n) is 4.09. The van der Waals surface area contributed by atoms with Gasteiger partial charge in [0.2, 0.25) is 0 Å². The molecule has 1 aromatic rings. The Hall–Kier alpha value is -1.41. The van der Waals surface area contributed by atoms with Crippen LogP contribution < -0.4 is 5.32 Å². The van der Waals surface area contributed by atoms with E-state index < -0.39 is 5.41 Å². The zero-order chi connectivity index (χ0) is 12.0. The van der Waals surface area contributed by atoms with Crippen LogP contribution in [0.15, 0.2) is 42.5 Å². The summed E-state index contributed by atoms with van der Waals surface area (Å²) in [6, 6.07) is 9.89. The Morgan fingerprint density at radius 1 is 1.38 bits per heavy atom. The quantitative estimate of drug-likeness (QED) is 0.767. The maximum absolute atomic E-state index is 12.1. The number of rotatable bonds is 5. The molecule has 0 saturated carbocycles. The Morgan fingerprint density at radius 2 is 2.00 bits per heavy atom. The van der Waals surface area contributed by atoms with Gasteiger partial charge in [0.05, 0.1) is 5.41 Å². The summed E-state index contributed by atoms with van der Waals surface area (Å²) in [5.74, 6) is 0.135. The first kappa shape index (κ1) is 12.7. The summed E-state index contributed by atoms with van der Waals surface area (Å²) in [7, 11) is 1.87. The van der Waals surface area contributed by atoms with Crippen LogP contribution in [0.4, 0.5) is 0 Å². The average molecular weight is 217 g/mol. The lowest BCUT2D eigenvalue weighted by Gasteiger charge is -2.27. The third-order valence-corrected chi connectivity index (χ3v) is 2.80. The first-order valence-electron chi connectivity index (χ1n) is 5.52. The molecule has 0 aliphatic heterocycles. The number of nitrogens with one attached hydrogen (secondary N) is 1. The summed E-state index contributed by atoms with van der Waals surface area (Å²) in [6.07, 6.45) is 3.43. The predicted molar refractivity (Wildman–Crippen MR) is 67.5 cm³/mol. The van der Waals surface area contributed by atoms with Gasteiger partial charge in [0.25, 0.3) is 0 Å². The van der Waals surface area contributed by atoms with Gasteiger partial charge >= 0.3 is 0 Å². The molecule has 0 heterocycles. The lowest BCUT2D eigenvalue weighted by Crippen LogP contribution is -2.40. The summed E-state index contributed by atoms with van der Waals surface area (Å²) in [6.45, 7) is 4.48. The molecule has 0 spiro atoms. The van der Waals surface area contributed by atoms with Crippen LogP contribution in [0, 0.1) is 0 Å².